The number of hydrogen-bond acceptors (Lipinski definition) is 6. The molecule has 2 aromatic heterocycles. The largest absolute Gasteiger partial charge is 0.501 e. The van der Waals surface area contributed by atoms with E-state index in [0.717, 1.165) is 10.0 Å². The van der Waals surface area contributed by atoms with E-state index in [1.165, 1.54) is 11.3 Å². The minimum Gasteiger partial charge on any atom is -0.501 e. The molecular weight excluding hydrogens is 394 g/mol. The number of carbonyl (C=O) groups is 1. The van der Waals surface area contributed by atoms with Gasteiger partial charge in [-0.2, -0.15) is 4.98 Å². The van der Waals surface area contributed by atoms with Gasteiger partial charge in [0.15, 0.2) is 11.5 Å². The Balaban J connectivity index is 1.82. The quantitative estimate of drug-likeness (QED) is 0.618. The summed E-state index contributed by atoms with van der Waals surface area (Å²) in [5.41, 5.74) is 0.630. The van der Waals surface area contributed by atoms with Crippen molar-refractivity contribution in [3.05, 3.63) is 57.5 Å². The second kappa shape index (κ2) is 6.98. The average Bonchev–Trinajstić information content (AvgIpc) is 3.11. The van der Waals surface area contributed by atoms with Gasteiger partial charge in [0.25, 0.3) is 11.8 Å². The summed E-state index contributed by atoms with van der Waals surface area (Å²) in [5.74, 6) is -1.66. The summed E-state index contributed by atoms with van der Waals surface area (Å²) in [6.07, 6.45) is 0. The molecule has 8 heteroatoms. The Hall–Kier alpha value is -2.45. The Morgan fingerprint density at radius 3 is 2.58 bits per heavy atom. The van der Waals surface area contributed by atoms with Gasteiger partial charge in [-0.1, -0.05) is 34.1 Å². The van der Waals surface area contributed by atoms with Crippen LogP contribution < -0.4 is 5.32 Å². The van der Waals surface area contributed by atoms with Crippen molar-refractivity contribution in [3.8, 4) is 22.3 Å². The Bertz CT molecular complexity index is 867. The summed E-state index contributed by atoms with van der Waals surface area (Å²) < 4.78 is 0.941. The monoisotopic (exact) mass is 405 g/mol. The lowest BCUT2D eigenvalue weighted by molar-refractivity contribution is 0.0942. The van der Waals surface area contributed by atoms with Gasteiger partial charge in [0, 0.05) is 11.0 Å². The summed E-state index contributed by atoms with van der Waals surface area (Å²) in [5, 5.41) is 24.1. The number of halogens is 1. The second-order valence-electron chi connectivity index (χ2n) is 4.85. The van der Waals surface area contributed by atoms with Crippen LogP contribution in [0.25, 0.3) is 10.7 Å². The second-order valence-corrected chi connectivity index (χ2v) is 6.72. The Labute approximate surface area is 150 Å². The molecule has 0 aliphatic rings. The highest BCUT2D eigenvalue weighted by Gasteiger charge is 2.20. The number of aromatic hydroxyl groups is 2. The standard InChI is InChI=1S/C16H12BrN3O3S/c17-10-5-3-9(4-6-10)8-18-15(22)12-13(21)16(23)20-14(19-12)11-2-1-7-24-11/h1-7,21H,8H2,(H,18,22)(H,19,20,23). The lowest BCUT2D eigenvalue weighted by Gasteiger charge is -2.08. The Morgan fingerprint density at radius 2 is 1.92 bits per heavy atom. The molecule has 122 valence electrons. The van der Waals surface area contributed by atoms with Crippen LogP contribution in [0.3, 0.4) is 0 Å². The highest BCUT2D eigenvalue weighted by Crippen LogP contribution is 2.30. The van der Waals surface area contributed by atoms with E-state index >= 15 is 0 Å². The van der Waals surface area contributed by atoms with Crippen LogP contribution in [-0.4, -0.2) is 26.1 Å². The fourth-order valence-electron chi connectivity index (χ4n) is 1.99. The Morgan fingerprint density at radius 1 is 1.17 bits per heavy atom. The molecule has 0 fully saturated rings. The molecule has 0 unspecified atom stereocenters. The number of aromatic nitrogens is 2. The van der Waals surface area contributed by atoms with Crippen LogP contribution in [0.15, 0.2) is 46.3 Å². The van der Waals surface area contributed by atoms with Crippen LogP contribution in [0.4, 0.5) is 0 Å². The molecule has 0 aliphatic heterocycles. The van der Waals surface area contributed by atoms with E-state index in [1.807, 2.05) is 29.6 Å². The molecule has 0 spiro atoms. The van der Waals surface area contributed by atoms with Crippen LogP contribution in [0, 0.1) is 0 Å². The van der Waals surface area contributed by atoms with Gasteiger partial charge in [-0.25, -0.2) is 4.98 Å². The first-order chi connectivity index (χ1) is 11.5. The zero-order chi connectivity index (χ0) is 17.1. The van der Waals surface area contributed by atoms with Crippen molar-refractivity contribution in [1.82, 2.24) is 15.3 Å². The maximum absolute atomic E-state index is 12.3. The van der Waals surface area contributed by atoms with Gasteiger partial charge in [-0.15, -0.1) is 11.3 Å². The van der Waals surface area contributed by atoms with Gasteiger partial charge in [-0.05, 0) is 29.1 Å². The predicted molar refractivity (Wildman–Crippen MR) is 94.0 cm³/mol. The van der Waals surface area contributed by atoms with Crippen LogP contribution in [0.1, 0.15) is 16.1 Å². The molecular formula is C16H12BrN3O3S. The minimum absolute atomic E-state index is 0.189. The molecule has 0 radical (unpaired) electrons. The highest BCUT2D eigenvalue weighted by molar-refractivity contribution is 9.10. The molecule has 0 bridgehead atoms. The molecule has 6 nitrogen and oxygen atoms in total. The molecule has 1 aromatic carbocycles. The van der Waals surface area contributed by atoms with Crippen molar-refractivity contribution >= 4 is 33.2 Å². The summed E-state index contributed by atoms with van der Waals surface area (Å²) in [7, 11) is 0. The van der Waals surface area contributed by atoms with Gasteiger partial charge in [0.1, 0.15) is 0 Å². The molecule has 0 aliphatic carbocycles. The summed E-state index contributed by atoms with van der Waals surface area (Å²) in [6.45, 7) is 0.269. The van der Waals surface area contributed by atoms with Crippen molar-refractivity contribution in [2.75, 3.05) is 0 Å². The van der Waals surface area contributed by atoms with E-state index in [4.69, 9.17) is 0 Å². The van der Waals surface area contributed by atoms with E-state index < -0.39 is 17.5 Å². The van der Waals surface area contributed by atoms with Gasteiger partial charge in [0.2, 0.25) is 5.75 Å². The topological polar surface area (TPSA) is 95.3 Å². The fraction of sp³-hybridized carbons (Fsp3) is 0.0625. The third kappa shape index (κ3) is 3.55. The third-order valence-corrected chi connectivity index (χ3v) is 4.58. The molecule has 3 N–H and O–H groups in total. The van der Waals surface area contributed by atoms with Crippen molar-refractivity contribution < 1.29 is 15.0 Å². The van der Waals surface area contributed by atoms with E-state index in [2.05, 4.69) is 31.2 Å². The molecule has 2 heterocycles. The molecule has 24 heavy (non-hydrogen) atoms. The lowest BCUT2D eigenvalue weighted by atomic mass is 10.2. The molecule has 0 saturated carbocycles. The molecule has 0 saturated heterocycles. The zero-order valence-electron chi connectivity index (χ0n) is 12.2. The van der Waals surface area contributed by atoms with Crippen LogP contribution in [-0.2, 0) is 6.54 Å². The maximum atomic E-state index is 12.3. The summed E-state index contributed by atoms with van der Waals surface area (Å²) >= 11 is 4.71. The molecule has 3 rings (SSSR count). The number of nitrogens with one attached hydrogen (secondary N) is 1. The van der Waals surface area contributed by atoms with Crippen molar-refractivity contribution in [2.24, 2.45) is 0 Å². The highest BCUT2D eigenvalue weighted by atomic mass is 79.9. The smallest absolute Gasteiger partial charge is 0.274 e. The number of amides is 1. The van der Waals surface area contributed by atoms with Gasteiger partial charge < -0.3 is 15.5 Å². The lowest BCUT2D eigenvalue weighted by Crippen LogP contribution is -2.24. The maximum Gasteiger partial charge on any atom is 0.274 e. The minimum atomic E-state index is -0.636. The first-order valence-electron chi connectivity index (χ1n) is 6.91. The van der Waals surface area contributed by atoms with E-state index in [0.29, 0.717) is 4.88 Å². The number of carbonyl (C=O) groups excluding carboxylic acids is 1. The SMILES string of the molecule is O=C(NCc1ccc(Br)cc1)c1nc(-c2cccs2)nc(O)c1O. The fourth-order valence-corrected chi connectivity index (χ4v) is 2.91. The summed E-state index contributed by atoms with van der Waals surface area (Å²) in [4.78, 5) is 20.9. The first-order valence-corrected chi connectivity index (χ1v) is 8.58. The van der Waals surface area contributed by atoms with E-state index in [9.17, 15) is 15.0 Å². The van der Waals surface area contributed by atoms with Gasteiger partial charge in [-0.3, -0.25) is 4.79 Å². The van der Waals surface area contributed by atoms with E-state index in [-0.39, 0.29) is 18.1 Å². The molecule has 0 atom stereocenters. The van der Waals surface area contributed by atoms with Crippen LogP contribution >= 0.6 is 27.3 Å². The Kier molecular flexibility index (Phi) is 4.77. The number of rotatable bonds is 4. The first kappa shape index (κ1) is 16.4. The van der Waals surface area contributed by atoms with Crippen LogP contribution in [0.2, 0.25) is 0 Å². The molecule has 3 aromatic rings. The summed E-state index contributed by atoms with van der Waals surface area (Å²) in [6, 6.07) is 11.0. The van der Waals surface area contributed by atoms with E-state index in [1.54, 1.807) is 12.1 Å². The van der Waals surface area contributed by atoms with Crippen molar-refractivity contribution in [1.29, 1.82) is 0 Å². The average molecular weight is 406 g/mol. The van der Waals surface area contributed by atoms with Gasteiger partial charge in [0.05, 0.1) is 4.88 Å². The predicted octanol–water partition coefficient (Wildman–Crippen LogP) is 3.31. The number of thiophene rings is 1. The van der Waals surface area contributed by atoms with Crippen molar-refractivity contribution in [3.63, 3.8) is 0 Å². The number of benzene rings is 1. The third-order valence-electron chi connectivity index (χ3n) is 3.19. The van der Waals surface area contributed by atoms with Crippen LogP contribution in [0.5, 0.6) is 11.6 Å². The zero-order valence-corrected chi connectivity index (χ0v) is 14.6. The number of nitrogens with zero attached hydrogens (tertiary/aromatic N) is 2. The molecule has 1 amide bonds. The normalized spacial score (nSPS) is 10.5. The van der Waals surface area contributed by atoms with Gasteiger partial charge >= 0.3 is 0 Å². The van der Waals surface area contributed by atoms with Crippen molar-refractivity contribution in [2.45, 2.75) is 6.54 Å². The number of hydrogen-bond donors (Lipinski definition) is 3.